The molecule has 0 unspecified atom stereocenters. The van der Waals surface area contributed by atoms with Gasteiger partial charge < -0.3 is 14.6 Å². The number of benzene rings is 1. The SMILES string of the molecule is Cc1ccc(C)c(OCCc2nnc(NC(=O)Cc3cc(C)no3)s2)c1. The van der Waals surface area contributed by atoms with Crippen LogP contribution in [0.5, 0.6) is 5.75 Å². The third kappa shape index (κ3) is 4.89. The lowest BCUT2D eigenvalue weighted by atomic mass is 10.1. The Kier molecular flexibility index (Phi) is 5.62. The molecular formula is C18H20N4O3S. The number of aryl methyl sites for hydroxylation is 3. The Morgan fingerprint density at radius 1 is 1.23 bits per heavy atom. The normalized spacial score (nSPS) is 10.7. The fraction of sp³-hybridized carbons (Fsp3) is 0.333. The summed E-state index contributed by atoms with van der Waals surface area (Å²) in [5.74, 6) is 1.19. The zero-order valence-corrected chi connectivity index (χ0v) is 15.7. The molecule has 0 fully saturated rings. The molecule has 1 N–H and O–H groups in total. The van der Waals surface area contributed by atoms with Crippen molar-refractivity contribution in [3.63, 3.8) is 0 Å². The van der Waals surface area contributed by atoms with Gasteiger partial charge in [0.25, 0.3) is 0 Å². The predicted molar refractivity (Wildman–Crippen MR) is 98.6 cm³/mol. The molecule has 8 heteroatoms. The standard InChI is InChI=1S/C18H20N4O3S/c1-11-4-5-12(2)15(8-11)24-7-6-17-20-21-18(26-17)19-16(23)10-14-9-13(3)22-25-14/h4-5,8-9H,6-7,10H2,1-3H3,(H,19,21,23). The average Bonchev–Trinajstić information content (AvgIpc) is 3.19. The molecule has 1 amide bonds. The Hall–Kier alpha value is -2.74. The van der Waals surface area contributed by atoms with Crippen LogP contribution in [0.25, 0.3) is 0 Å². The van der Waals surface area contributed by atoms with Crippen molar-refractivity contribution in [3.05, 3.63) is 51.9 Å². The van der Waals surface area contributed by atoms with Crippen LogP contribution in [0, 0.1) is 20.8 Å². The lowest BCUT2D eigenvalue weighted by Gasteiger charge is -2.08. The number of nitrogens with zero attached hydrogens (tertiary/aromatic N) is 3. The number of nitrogens with one attached hydrogen (secondary N) is 1. The Labute approximate surface area is 155 Å². The van der Waals surface area contributed by atoms with E-state index in [0.717, 1.165) is 27.6 Å². The molecule has 0 bridgehead atoms. The van der Waals surface area contributed by atoms with Crippen molar-refractivity contribution in [3.8, 4) is 5.75 Å². The number of amides is 1. The monoisotopic (exact) mass is 372 g/mol. The average molecular weight is 372 g/mol. The molecule has 0 aliphatic heterocycles. The molecule has 3 rings (SSSR count). The molecule has 2 heterocycles. The minimum absolute atomic E-state index is 0.117. The van der Waals surface area contributed by atoms with Crippen LogP contribution in [0.3, 0.4) is 0 Å². The van der Waals surface area contributed by atoms with Crippen LogP contribution in [-0.4, -0.2) is 27.9 Å². The van der Waals surface area contributed by atoms with E-state index in [9.17, 15) is 4.79 Å². The molecule has 0 saturated heterocycles. The van der Waals surface area contributed by atoms with Crippen molar-refractivity contribution in [2.24, 2.45) is 0 Å². The van der Waals surface area contributed by atoms with Gasteiger partial charge in [0.1, 0.15) is 16.5 Å². The minimum Gasteiger partial charge on any atom is -0.493 e. The summed E-state index contributed by atoms with van der Waals surface area (Å²) in [6, 6.07) is 7.85. The predicted octanol–water partition coefficient (Wildman–Crippen LogP) is 3.25. The van der Waals surface area contributed by atoms with Crippen LogP contribution < -0.4 is 10.1 Å². The number of anilines is 1. The molecule has 2 aromatic heterocycles. The molecule has 0 atom stereocenters. The summed E-state index contributed by atoms with van der Waals surface area (Å²) < 4.78 is 10.9. The van der Waals surface area contributed by atoms with Crippen LogP contribution in [0.4, 0.5) is 5.13 Å². The van der Waals surface area contributed by atoms with Crippen molar-refractivity contribution in [2.45, 2.75) is 33.6 Å². The van der Waals surface area contributed by atoms with E-state index in [0.29, 0.717) is 23.9 Å². The molecule has 0 radical (unpaired) electrons. The summed E-state index contributed by atoms with van der Waals surface area (Å²) in [6.45, 7) is 6.36. The van der Waals surface area contributed by atoms with Crippen LogP contribution in [0.1, 0.15) is 27.6 Å². The van der Waals surface area contributed by atoms with E-state index in [4.69, 9.17) is 9.26 Å². The number of aromatic nitrogens is 3. The lowest BCUT2D eigenvalue weighted by molar-refractivity contribution is -0.115. The minimum atomic E-state index is -0.213. The van der Waals surface area contributed by atoms with Gasteiger partial charge in [0.05, 0.1) is 18.7 Å². The van der Waals surface area contributed by atoms with Crippen molar-refractivity contribution >= 4 is 22.4 Å². The highest BCUT2D eigenvalue weighted by Crippen LogP contribution is 2.20. The van der Waals surface area contributed by atoms with Crippen LogP contribution in [0.15, 0.2) is 28.8 Å². The van der Waals surface area contributed by atoms with Crippen molar-refractivity contribution in [2.75, 3.05) is 11.9 Å². The summed E-state index contributed by atoms with van der Waals surface area (Å²) in [6.07, 6.45) is 0.744. The van der Waals surface area contributed by atoms with Crippen LogP contribution >= 0.6 is 11.3 Å². The van der Waals surface area contributed by atoms with E-state index in [-0.39, 0.29) is 12.3 Å². The molecule has 26 heavy (non-hydrogen) atoms. The highest BCUT2D eigenvalue weighted by Gasteiger charge is 2.12. The van der Waals surface area contributed by atoms with Gasteiger partial charge in [-0.3, -0.25) is 4.79 Å². The maximum absolute atomic E-state index is 12.0. The van der Waals surface area contributed by atoms with Gasteiger partial charge in [-0.15, -0.1) is 10.2 Å². The molecule has 1 aromatic carbocycles. The zero-order valence-electron chi connectivity index (χ0n) is 14.9. The van der Waals surface area contributed by atoms with Gasteiger partial charge in [-0.25, -0.2) is 0 Å². The number of carbonyl (C=O) groups is 1. The topological polar surface area (TPSA) is 90.1 Å². The van der Waals surface area contributed by atoms with E-state index in [1.807, 2.05) is 32.9 Å². The van der Waals surface area contributed by atoms with Gasteiger partial charge in [-0.05, 0) is 38.0 Å². The first-order valence-corrected chi connectivity index (χ1v) is 9.06. The van der Waals surface area contributed by atoms with Crippen molar-refractivity contribution in [1.29, 1.82) is 0 Å². The van der Waals surface area contributed by atoms with Gasteiger partial charge in [-0.1, -0.05) is 28.6 Å². The van der Waals surface area contributed by atoms with Crippen LogP contribution in [0.2, 0.25) is 0 Å². The van der Waals surface area contributed by atoms with Gasteiger partial charge in [0, 0.05) is 12.5 Å². The summed E-state index contributed by atoms with van der Waals surface area (Å²) in [5.41, 5.74) is 3.01. The summed E-state index contributed by atoms with van der Waals surface area (Å²) >= 11 is 1.34. The van der Waals surface area contributed by atoms with Gasteiger partial charge >= 0.3 is 0 Å². The molecule has 0 aliphatic rings. The van der Waals surface area contributed by atoms with Gasteiger partial charge in [0.15, 0.2) is 0 Å². The first-order chi connectivity index (χ1) is 12.5. The molecule has 0 aliphatic carbocycles. The summed E-state index contributed by atoms with van der Waals surface area (Å²) in [7, 11) is 0. The lowest BCUT2D eigenvalue weighted by Crippen LogP contribution is -2.13. The molecule has 0 spiro atoms. The Morgan fingerprint density at radius 2 is 2.08 bits per heavy atom. The Balaban J connectivity index is 1.48. The smallest absolute Gasteiger partial charge is 0.233 e. The summed E-state index contributed by atoms with van der Waals surface area (Å²) in [4.78, 5) is 12.0. The first-order valence-electron chi connectivity index (χ1n) is 8.24. The third-order valence-corrected chi connectivity index (χ3v) is 4.54. The molecule has 3 aromatic rings. The summed E-state index contributed by atoms with van der Waals surface area (Å²) in [5, 5.41) is 15.8. The molecule has 0 saturated carbocycles. The second-order valence-electron chi connectivity index (χ2n) is 6.03. The highest BCUT2D eigenvalue weighted by molar-refractivity contribution is 7.15. The highest BCUT2D eigenvalue weighted by atomic mass is 32.1. The van der Waals surface area contributed by atoms with Gasteiger partial charge in [0.2, 0.25) is 11.0 Å². The maximum atomic E-state index is 12.0. The quantitative estimate of drug-likeness (QED) is 0.685. The fourth-order valence-corrected chi connectivity index (χ4v) is 3.07. The zero-order chi connectivity index (χ0) is 18.5. The van der Waals surface area contributed by atoms with E-state index < -0.39 is 0 Å². The van der Waals surface area contributed by atoms with Crippen LogP contribution in [-0.2, 0) is 17.6 Å². The number of hydrogen-bond donors (Lipinski definition) is 1. The number of rotatable bonds is 7. The largest absolute Gasteiger partial charge is 0.493 e. The van der Waals surface area contributed by atoms with E-state index >= 15 is 0 Å². The molecule has 136 valence electrons. The number of carbonyl (C=O) groups excluding carboxylic acids is 1. The first kappa shape index (κ1) is 18.1. The van der Waals surface area contributed by atoms with Crippen molar-refractivity contribution < 1.29 is 14.1 Å². The fourth-order valence-electron chi connectivity index (χ4n) is 2.34. The van der Waals surface area contributed by atoms with Crippen molar-refractivity contribution in [1.82, 2.24) is 15.4 Å². The second kappa shape index (κ2) is 8.09. The number of ether oxygens (including phenoxy) is 1. The number of hydrogen-bond acceptors (Lipinski definition) is 7. The van der Waals surface area contributed by atoms with E-state index in [1.165, 1.54) is 11.3 Å². The molecular weight excluding hydrogens is 352 g/mol. The Morgan fingerprint density at radius 3 is 2.85 bits per heavy atom. The van der Waals surface area contributed by atoms with Gasteiger partial charge in [-0.2, -0.15) is 0 Å². The van der Waals surface area contributed by atoms with E-state index in [1.54, 1.807) is 6.07 Å². The maximum Gasteiger partial charge on any atom is 0.233 e. The third-order valence-electron chi connectivity index (χ3n) is 3.64. The Bertz CT molecular complexity index is 903. The van der Waals surface area contributed by atoms with E-state index in [2.05, 4.69) is 26.7 Å². The molecule has 7 nitrogen and oxygen atoms in total. The second-order valence-corrected chi connectivity index (χ2v) is 7.09.